The van der Waals surface area contributed by atoms with E-state index >= 15 is 0 Å². The zero-order valence-electron chi connectivity index (χ0n) is 8.10. The topological polar surface area (TPSA) is 66.9 Å². The second-order valence-corrected chi connectivity index (χ2v) is 3.94. The molecule has 0 aliphatic rings. The first-order valence-electron chi connectivity index (χ1n) is 4.59. The Hall–Kier alpha value is -1.08. The maximum Gasteiger partial charge on any atom is 0.319 e. The zero-order chi connectivity index (χ0) is 10.9. The van der Waals surface area contributed by atoms with Crippen LogP contribution in [0.25, 0.3) is 0 Å². The molecule has 82 valence electrons. The predicted molar refractivity (Wildman–Crippen MR) is 64.4 cm³/mol. The highest BCUT2D eigenvalue weighted by Crippen LogP contribution is 2.08. The molecule has 0 spiro atoms. The van der Waals surface area contributed by atoms with E-state index in [4.69, 9.17) is 12.2 Å². The van der Waals surface area contributed by atoms with E-state index in [0.717, 1.165) is 30.8 Å². The summed E-state index contributed by atoms with van der Waals surface area (Å²) in [5.74, 6) is 0. The predicted octanol–water partition coefficient (Wildman–Crippen LogP) is 1.83. The average Bonchev–Trinajstić information content (AvgIpc) is 2.70. The molecule has 0 unspecified atom stereocenters. The summed E-state index contributed by atoms with van der Waals surface area (Å²) in [4.78, 5) is 11.2. The Kier molecular flexibility index (Phi) is 5.79. The third-order valence-electron chi connectivity index (χ3n) is 1.63. The molecule has 0 radical (unpaired) electrons. The summed E-state index contributed by atoms with van der Waals surface area (Å²) in [5, 5.41) is 11.3. The Bertz CT molecular complexity index is 302. The average molecular weight is 244 g/mol. The number of anilines is 1. The largest absolute Gasteiger partial charge is 0.338 e. The monoisotopic (exact) mass is 244 g/mol. The van der Waals surface area contributed by atoms with Gasteiger partial charge in [-0.25, -0.2) is 4.79 Å². The molecule has 5 nitrogen and oxygen atoms in total. The van der Waals surface area contributed by atoms with Gasteiger partial charge in [-0.05, 0) is 24.6 Å². The Morgan fingerprint density at radius 3 is 3.13 bits per heavy atom. The molecule has 1 aromatic rings. The third kappa shape index (κ3) is 5.38. The van der Waals surface area contributed by atoms with Crippen molar-refractivity contribution in [3.8, 4) is 0 Å². The molecule has 0 aliphatic heterocycles. The van der Waals surface area contributed by atoms with Gasteiger partial charge < -0.3 is 5.32 Å². The number of carbonyl (C=O) groups excluding carboxylic acids is 1. The number of thiocarbonyl (C=S) groups is 1. The minimum absolute atomic E-state index is 0.219. The molecule has 15 heavy (non-hydrogen) atoms. The fourth-order valence-corrected chi connectivity index (χ4v) is 1.51. The van der Waals surface area contributed by atoms with Crippen molar-refractivity contribution in [2.24, 2.45) is 0 Å². The summed E-state index contributed by atoms with van der Waals surface area (Å²) in [5.41, 5.74) is 0. The molecular weight excluding hydrogens is 232 g/mol. The standard InChI is InChI=1S/C8H12N4OS2/c13-8(9-4-2-1-3-5-14)11-7-6-10-12-15-7/h5-6H,1-4H2,(H2,9,11,13). The summed E-state index contributed by atoms with van der Waals surface area (Å²) in [7, 11) is 0. The van der Waals surface area contributed by atoms with Gasteiger partial charge >= 0.3 is 6.03 Å². The molecule has 2 N–H and O–H groups in total. The lowest BCUT2D eigenvalue weighted by atomic mass is 10.2. The van der Waals surface area contributed by atoms with Crippen LogP contribution in [0.3, 0.4) is 0 Å². The van der Waals surface area contributed by atoms with Gasteiger partial charge in [0.1, 0.15) is 5.00 Å². The van der Waals surface area contributed by atoms with Crippen molar-refractivity contribution >= 4 is 40.2 Å². The zero-order valence-corrected chi connectivity index (χ0v) is 9.74. The van der Waals surface area contributed by atoms with Crippen molar-refractivity contribution in [1.82, 2.24) is 14.9 Å². The fourth-order valence-electron chi connectivity index (χ4n) is 0.933. The normalized spacial score (nSPS) is 9.60. The number of amides is 2. The molecule has 0 aromatic carbocycles. The van der Waals surface area contributed by atoms with Crippen LogP contribution in [0.1, 0.15) is 19.3 Å². The van der Waals surface area contributed by atoms with Crippen molar-refractivity contribution in [3.05, 3.63) is 6.20 Å². The molecule has 0 saturated carbocycles. The van der Waals surface area contributed by atoms with Crippen LogP contribution in [0.5, 0.6) is 0 Å². The quantitative estimate of drug-likeness (QED) is 0.592. The van der Waals surface area contributed by atoms with Crippen LogP contribution < -0.4 is 10.6 Å². The highest BCUT2D eigenvalue weighted by Gasteiger charge is 2.01. The molecule has 0 aliphatic carbocycles. The number of hydrogen-bond donors (Lipinski definition) is 2. The fraction of sp³-hybridized carbons (Fsp3) is 0.500. The van der Waals surface area contributed by atoms with Crippen molar-refractivity contribution in [2.45, 2.75) is 19.3 Å². The van der Waals surface area contributed by atoms with Gasteiger partial charge in [0, 0.05) is 18.1 Å². The van der Waals surface area contributed by atoms with Crippen LogP contribution >= 0.6 is 23.8 Å². The van der Waals surface area contributed by atoms with Crippen molar-refractivity contribution in [2.75, 3.05) is 11.9 Å². The van der Waals surface area contributed by atoms with Crippen LogP contribution in [-0.2, 0) is 0 Å². The lowest BCUT2D eigenvalue weighted by Gasteiger charge is -2.03. The van der Waals surface area contributed by atoms with Gasteiger partial charge in [-0.15, -0.1) is 5.10 Å². The van der Waals surface area contributed by atoms with Crippen LogP contribution in [0.2, 0.25) is 0 Å². The SMILES string of the molecule is O=C(NCCCCC=S)Nc1cnns1. The summed E-state index contributed by atoms with van der Waals surface area (Å²) < 4.78 is 3.63. The van der Waals surface area contributed by atoms with Gasteiger partial charge in [0.15, 0.2) is 0 Å². The minimum atomic E-state index is -0.219. The van der Waals surface area contributed by atoms with E-state index in [1.54, 1.807) is 5.37 Å². The molecule has 0 atom stereocenters. The Morgan fingerprint density at radius 2 is 2.47 bits per heavy atom. The number of urea groups is 1. The number of nitrogens with one attached hydrogen (secondary N) is 2. The number of unbranched alkanes of at least 4 members (excludes halogenated alkanes) is 2. The van der Waals surface area contributed by atoms with Crippen LogP contribution in [0, 0.1) is 0 Å². The number of rotatable bonds is 6. The maximum absolute atomic E-state index is 11.2. The summed E-state index contributed by atoms with van der Waals surface area (Å²) in [6, 6.07) is -0.219. The van der Waals surface area contributed by atoms with Crippen LogP contribution in [-0.4, -0.2) is 27.5 Å². The molecular formula is C8H12N4OS2. The summed E-state index contributed by atoms with van der Waals surface area (Å²) in [6.45, 7) is 0.654. The van der Waals surface area contributed by atoms with Gasteiger partial charge in [0.05, 0.1) is 6.20 Å². The molecule has 0 bridgehead atoms. The lowest BCUT2D eigenvalue weighted by Crippen LogP contribution is -2.29. The van der Waals surface area contributed by atoms with Gasteiger partial charge in [-0.1, -0.05) is 16.7 Å². The van der Waals surface area contributed by atoms with Gasteiger partial charge in [0.2, 0.25) is 0 Å². The van der Waals surface area contributed by atoms with Crippen LogP contribution in [0.4, 0.5) is 9.80 Å². The second-order valence-electron chi connectivity index (χ2n) is 2.83. The lowest BCUT2D eigenvalue weighted by molar-refractivity contribution is 0.252. The first kappa shape index (κ1) is 12.0. The molecule has 0 fully saturated rings. The van der Waals surface area contributed by atoms with Crippen LogP contribution in [0.15, 0.2) is 6.20 Å². The Labute approximate surface area is 97.4 Å². The number of carbonyl (C=O) groups is 1. The second kappa shape index (κ2) is 7.24. The van der Waals surface area contributed by atoms with E-state index in [2.05, 4.69) is 20.2 Å². The van der Waals surface area contributed by atoms with Gasteiger partial charge in [0.25, 0.3) is 0 Å². The highest BCUT2D eigenvalue weighted by molar-refractivity contribution is 7.78. The first-order valence-corrected chi connectivity index (χ1v) is 5.83. The minimum Gasteiger partial charge on any atom is -0.338 e. The van der Waals surface area contributed by atoms with Crippen molar-refractivity contribution in [3.63, 3.8) is 0 Å². The molecule has 7 heteroatoms. The van der Waals surface area contributed by atoms with Crippen molar-refractivity contribution in [1.29, 1.82) is 0 Å². The van der Waals surface area contributed by atoms with Crippen molar-refractivity contribution < 1.29 is 4.79 Å². The Morgan fingerprint density at radius 1 is 1.60 bits per heavy atom. The van der Waals surface area contributed by atoms with E-state index in [1.165, 1.54) is 6.20 Å². The molecule has 1 rings (SSSR count). The van der Waals surface area contributed by atoms with E-state index < -0.39 is 0 Å². The molecule has 0 saturated heterocycles. The first-order chi connectivity index (χ1) is 7.33. The molecule has 2 amide bonds. The number of aromatic nitrogens is 2. The summed E-state index contributed by atoms with van der Waals surface area (Å²) in [6.07, 6.45) is 4.36. The van der Waals surface area contributed by atoms with E-state index in [9.17, 15) is 4.79 Å². The number of nitrogens with zero attached hydrogens (tertiary/aromatic N) is 2. The molecule has 1 aromatic heterocycles. The smallest absolute Gasteiger partial charge is 0.319 e. The van der Waals surface area contributed by atoms with E-state index in [1.807, 2.05) is 0 Å². The van der Waals surface area contributed by atoms with Gasteiger partial charge in [-0.2, -0.15) is 0 Å². The summed E-state index contributed by atoms with van der Waals surface area (Å²) >= 11 is 5.84. The number of hydrogen-bond acceptors (Lipinski definition) is 5. The Balaban J connectivity index is 2.06. The molecule has 1 heterocycles. The maximum atomic E-state index is 11.2. The van der Waals surface area contributed by atoms with E-state index in [0.29, 0.717) is 11.5 Å². The third-order valence-corrected chi connectivity index (χ3v) is 2.45. The van der Waals surface area contributed by atoms with Gasteiger partial charge in [-0.3, -0.25) is 5.32 Å². The van der Waals surface area contributed by atoms with E-state index in [-0.39, 0.29) is 6.03 Å². The highest BCUT2D eigenvalue weighted by atomic mass is 32.1.